The summed E-state index contributed by atoms with van der Waals surface area (Å²) in [4.78, 5) is 4.27. The van der Waals surface area contributed by atoms with Crippen LogP contribution in [-0.4, -0.2) is 26.9 Å². The molecule has 2 heterocycles. The molecule has 4 heteroatoms. The molecule has 0 unspecified atom stereocenters. The zero-order valence-electron chi connectivity index (χ0n) is 11.0. The summed E-state index contributed by atoms with van der Waals surface area (Å²) >= 11 is 0. The fourth-order valence-corrected chi connectivity index (χ4v) is 2.81. The Morgan fingerprint density at radius 3 is 2.95 bits per heavy atom. The Morgan fingerprint density at radius 1 is 1.25 bits per heavy atom. The standard InChI is InChI=1S/C16H15N3O/c20-10-16(5-6-16)12-3-1-2-11(8-12)13-4-7-17-15-14(13)9-18-19-15/h1-4,7-9,20H,5-6,10H2,(H,17,18,19). The lowest BCUT2D eigenvalue weighted by molar-refractivity contribution is 0.255. The molecule has 0 spiro atoms. The van der Waals surface area contributed by atoms with Crippen LogP contribution in [0, 0.1) is 0 Å². The third kappa shape index (κ3) is 1.65. The summed E-state index contributed by atoms with van der Waals surface area (Å²) in [7, 11) is 0. The summed E-state index contributed by atoms with van der Waals surface area (Å²) < 4.78 is 0. The third-order valence-corrected chi connectivity index (χ3v) is 4.30. The Balaban J connectivity index is 1.87. The van der Waals surface area contributed by atoms with E-state index in [0.717, 1.165) is 35.0 Å². The molecule has 1 aromatic carbocycles. The van der Waals surface area contributed by atoms with Crippen molar-refractivity contribution in [3.63, 3.8) is 0 Å². The van der Waals surface area contributed by atoms with E-state index in [9.17, 15) is 5.11 Å². The molecule has 0 radical (unpaired) electrons. The molecule has 4 nitrogen and oxygen atoms in total. The first kappa shape index (κ1) is 11.6. The van der Waals surface area contributed by atoms with Crippen LogP contribution in [0.15, 0.2) is 42.7 Å². The quantitative estimate of drug-likeness (QED) is 0.765. The van der Waals surface area contributed by atoms with E-state index in [4.69, 9.17) is 0 Å². The van der Waals surface area contributed by atoms with Crippen molar-refractivity contribution in [1.82, 2.24) is 15.2 Å². The topological polar surface area (TPSA) is 61.8 Å². The van der Waals surface area contributed by atoms with E-state index < -0.39 is 0 Å². The lowest BCUT2D eigenvalue weighted by Crippen LogP contribution is -2.11. The van der Waals surface area contributed by atoms with Gasteiger partial charge in [0.2, 0.25) is 0 Å². The summed E-state index contributed by atoms with van der Waals surface area (Å²) in [5.41, 5.74) is 4.30. The molecule has 1 aliphatic carbocycles. The van der Waals surface area contributed by atoms with Gasteiger partial charge >= 0.3 is 0 Å². The van der Waals surface area contributed by atoms with Crippen molar-refractivity contribution >= 4 is 11.0 Å². The number of hydrogen-bond acceptors (Lipinski definition) is 3. The highest BCUT2D eigenvalue weighted by Crippen LogP contribution is 2.48. The van der Waals surface area contributed by atoms with Gasteiger partial charge in [-0.2, -0.15) is 5.10 Å². The van der Waals surface area contributed by atoms with Crippen molar-refractivity contribution in [2.24, 2.45) is 0 Å². The molecule has 20 heavy (non-hydrogen) atoms. The molecule has 0 aliphatic heterocycles. The van der Waals surface area contributed by atoms with Crippen molar-refractivity contribution in [2.75, 3.05) is 6.61 Å². The van der Waals surface area contributed by atoms with Crippen LogP contribution in [0.5, 0.6) is 0 Å². The van der Waals surface area contributed by atoms with Crippen LogP contribution in [0.4, 0.5) is 0 Å². The summed E-state index contributed by atoms with van der Waals surface area (Å²) in [6.07, 6.45) is 5.75. The van der Waals surface area contributed by atoms with Gasteiger partial charge in [0.1, 0.15) is 0 Å². The van der Waals surface area contributed by atoms with E-state index in [1.807, 2.05) is 12.3 Å². The number of aliphatic hydroxyl groups excluding tert-OH is 1. The molecule has 2 N–H and O–H groups in total. The lowest BCUT2D eigenvalue weighted by Gasteiger charge is -2.13. The predicted octanol–water partition coefficient (Wildman–Crippen LogP) is 2.65. The first-order valence-corrected chi connectivity index (χ1v) is 6.82. The van der Waals surface area contributed by atoms with Crippen molar-refractivity contribution in [3.8, 4) is 11.1 Å². The monoisotopic (exact) mass is 265 g/mol. The van der Waals surface area contributed by atoms with Crippen LogP contribution in [0.1, 0.15) is 18.4 Å². The van der Waals surface area contributed by atoms with Gasteiger partial charge < -0.3 is 5.11 Å². The molecule has 4 rings (SSSR count). The SMILES string of the molecule is OCC1(c2cccc(-c3ccnc4[nH]ncc34)c2)CC1. The molecule has 1 saturated carbocycles. The third-order valence-electron chi connectivity index (χ3n) is 4.30. The molecule has 1 fully saturated rings. The second-order valence-electron chi connectivity index (χ2n) is 5.51. The molecule has 0 atom stereocenters. The smallest absolute Gasteiger partial charge is 0.155 e. The van der Waals surface area contributed by atoms with Gasteiger partial charge in [-0.15, -0.1) is 0 Å². The minimum Gasteiger partial charge on any atom is -0.395 e. The number of pyridine rings is 1. The molecule has 0 amide bonds. The predicted molar refractivity (Wildman–Crippen MR) is 77.3 cm³/mol. The van der Waals surface area contributed by atoms with E-state index in [1.165, 1.54) is 5.56 Å². The molecule has 3 aromatic rings. The average molecular weight is 265 g/mol. The van der Waals surface area contributed by atoms with Gasteiger partial charge in [-0.05, 0) is 35.6 Å². The fourth-order valence-electron chi connectivity index (χ4n) is 2.81. The maximum absolute atomic E-state index is 9.59. The summed E-state index contributed by atoms with van der Waals surface area (Å²) in [6.45, 7) is 0.230. The first-order valence-electron chi connectivity index (χ1n) is 6.82. The lowest BCUT2D eigenvalue weighted by atomic mass is 9.93. The number of benzene rings is 1. The normalized spacial score (nSPS) is 16.4. The number of nitrogens with zero attached hydrogens (tertiary/aromatic N) is 2. The molecular weight excluding hydrogens is 250 g/mol. The second kappa shape index (κ2) is 4.15. The minimum absolute atomic E-state index is 0.00144. The Kier molecular flexibility index (Phi) is 2.41. The highest BCUT2D eigenvalue weighted by atomic mass is 16.3. The average Bonchev–Trinajstić information content (AvgIpc) is 3.16. The number of aliphatic hydroxyl groups is 1. The van der Waals surface area contributed by atoms with Crippen LogP contribution in [0.3, 0.4) is 0 Å². The van der Waals surface area contributed by atoms with Gasteiger partial charge in [0.25, 0.3) is 0 Å². The van der Waals surface area contributed by atoms with Crippen molar-refractivity contribution < 1.29 is 5.11 Å². The number of rotatable bonds is 3. The van der Waals surface area contributed by atoms with Gasteiger partial charge in [-0.1, -0.05) is 24.3 Å². The molecular formula is C16H15N3O. The highest BCUT2D eigenvalue weighted by molar-refractivity contribution is 5.92. The summed E-state index contributed by atoms with van der Waals surface area (Å²) in [6, 6.07) is 10.5. The molecule has 0 bridgehead atoms. The number of H-pyrrole nitrogens is 1. The van der Waals surface area contributed by atoms with Crippen LogP contribution < -0.4 is 0 Å². The van der Waals surface area contributed by atoms with Crippen molar-refractivity contribution in [1.29, 1.82) is 0 Å². The molecule has 100 valence electrons. The maximum Gasteiger partial charge on any atom is 0.155 e. The number of aromatic amines is 1. The van der Waals surface area contributed by atoms with Gasteiger partial charge in [0.15, 0.2) is 5.65 Å². The van der Waals surface area contributed by atoms with Gasteiger partial charge in [-0.25, -0.2) is 4.98 Å². The maximum atomic E-state index is 9.59. The van der Waals surface area contributed by atoms with E-state index in [0.29, 0.717) is 0 Å². The Bertz CT molecular complexity index is 774. The zero-order chi connectivity index (χ0) is 13.6. The summed E-state index contributed by atoms with van der Waals surface area (Å²) in [5, 5.41) is 17.6. The number of aromatic nitrogens is 3. The van der Waals surface area contributed by atoms with Gasteiger partial charge in [-0.3, -0.25) is 5.10 Å². The highest BCUT2D eigenvalue weighted by Gasteiger charge is 2.43. The molecule has 1 aliphatic rings. The number of hydrogen-bond donors (Lipinski definition) is 2. The zero-order valence-corrected chi connectivity index (χ0v) is 11.0. The van der Waals surface area contributed by atoms with Crippen LogP contribution in [-0.2, 0) is 5.41 Å². The fraction of sp³-hybridized carbons (Fsp3) is 0.250. The number of nitrogens with one attached hydrogen (secondary N) is 1. The van der Waals surface area contributed by atoms with Crippen LogP contribution >= 0.6 is 0 Å². The second-order valence-corrected chi connectivity index (χ2v) is 5.51. The molecule has 2 aromatic heterocycles. The Hall–Kier alpha value is -2.20. The van der Waals surface area contributed by atoms with E-state index in [-0.39, 0.29) is 12.0 Å². The summed E-state index contributed by atoms with van der Waals surface area (Å²) in [5.74, 6) is 0. The van der Waals surface area contributed by atoms with E-state index >= 15 is 0 Å². The number of fused-ring (bicyclic) bond motifs is 1. The van der Waals surface area contributed by atoms with Crippen molar-refractivity contribution in [2.45, 2.75) is 18.3 Å². The largest absolute Gasteiger partial charge is 0.395 e. The van der Waals surface area contributed by atoms with Crippen LogP contribution in [0.2, 0.25) is 0 Å². The van der Waals surface area contributed by atoms with Gasteiger partial charge in [0, 0.05) is 17.0 Å². The van der Waals surface area contributed by atoms with E-state index in [1.54, 1.807) is 6.20 Å². The van der Waals surface area contributed by atoms with E-state index in [2.05, 4.69) is 39.4 Å². The van der Waals surface area contributed by atoms with Crippen molar-refractivity contribution in [3.05, 3.63) is 48.3 Å². The first-order chi connectivity index (χ1) is 9.82. The van der Waals surface area contributed by atoms with Gasteiger partial charge in [0.05, 0.1) is 12.8 Å². The minimum atomic E-state index is -0.00144. The van der Waals surface area contributed by atoms with Crippen LogP contribution in [0.25, 0.3) is 22.2 Å². The molecule has 0 saturated heterocycles. The Labute approximate surface area is 116 Å². The Morgan fingerprint density at radius 2 is 2.15 bits per heavy atom.